The molecule has 0 aliphatic carbocycles. The van der Waals surface area contributed by atoms with Crippen molar-refractivity contribution in [3.05, 3.63) is 59.4 Å². The second-order valence-electron chi connectivity index (χ2n) is 5.61. The lowest BCUT2D eigenvalue weighted by Gasteiger charge is -2.09. The van der Waals surface area contributed by atoms with E-state index in [0.717, 1.165) is 20.2 Å². The monoisotopic (exact) mass is 399 g/mol. The molecule has 4 rings (SSSR count). The summed E-state index contributed by atoms with van der Waals surface area (Å²) in [6.07, 6.45) is 1.49. The first-order chi connectivity index (χ1) is 12.6. The van der Waals surface area contributed by atoms with Crippen LogP contribution in [-0.2, 0) is 0 Å². The third kappa shape index (κ3) is 3.60. The minimum Gasteiger partial charge on any atom is -0.394 e. The van der Waals surface area contributed by atoms with E-state index in [9.17, 15) is 0 Å². The summed E-state index contributed by atoms with van der Waals surface area (Å²) in [5, 5.41) is 5.34. The number of nitrogens with one attached hydrogen (secondary N) is 1. The standard InChI is InChI=1S/C18H14ClN5S2/c1-10-2-7-13-14(8-10)26-18(23-13)24-16-15(20)17(22-9-21-16)25-12-5-3-11(19)4-6-12/h2-9H,20H2,1H3,(H,21,22,23,24). The van der Waals surface area contributed by atoms with Gasteiger partial charge in [-0.15, -0.1) is 0 Å². The molecule has 0 amide bonds. The lowest BCUT2D eigenvalue weighted by Crippen LogP contribution is -2.02. The van der Waals surface area contributed by atoms with Gasteiger partial charge in [0.05, 0.1) is 10.2 Å². The number of aryl methyl sites for hydroxylation is 1. The van der Waals surface area contributed by atoms with Gasteiger partial charge in [-0.2, -0.15) is 0 Å². The number of anilines is 3. The maximum Gasteiger partial charge on any atom is 0.189 e. The number of nitrogens with two attached hydrogens (primary N) is 1. The quantitative estimate of drug-likeness (QED) is 0.439. The van der Waals surface area contributed by atoms with Gasteiger partial charge in [0.1, 0.15) is 17.0 Å². The van der Waals surface area contributed by atoms with Gasteiger partial charge in [-0.05, 0) is 48.9 Å². The summed E-state index contributed by atoms with van der Waals surface area (Å²) < 4.78 is 1.12. The number of nitrogen functional groups attached to an aromatic ring is 1. The van der Waals surface area contributed by atoms with Crippen LogP contribution >= 0.6 is 34.7 Å². The van der Waals surface area contributed by atoms with E-state index in [-0.39, 0.29) is 0 Å². The van der Waals surface area contributed by atoms with Crippen molar-refractivity contribution < 1.29 is 0 Å². The Morgan fingerprint density at radius 2 is 1.92 bits per heavy atom. The molecule has 0 bridgehead atoms. The molecule has 0 unspecified atom stereocenters. The highest BCUT2D eigenvalue weighted by molar-refractivity contribution is 7.99. The third-order valence-corrected chi connectivity index (χ3v) is 5.86. The Morgan fingerprint density at radius 3 is 2.73 bits per heavy atom. The van der Waals surface area contributed by atoms with Crippen LogP contribution in [0.1, 0.15) is 5.56 Å². The number of rotatable bonds is 4. The van der Waals surface area contributed by atoms with E-state index < -0.39 is 0 Å². The molecule has 0 spiro atoms. The Labute approximate surface area is 163 Å². The molecule has 0 saturated heterocycles. The molecule has 2 heterocycles. The SMILES string of the molecule is Cc1ccc2nc(Nc3ncnc(Sc4ccc(Cl)cc4)c3N)sc2c1. The van der Waals surface area contributed by atoms with Gasteiger partial charge in [0.25, 0.3) is 0 Å². The Bertz CT molecular complexity index is 1080. The number of nitrogens with zero attached hydrogens (tertiary/aromatic N) is 3. The molecule has 8 heteroatoms. The van der Waals surface area contributed by atoms with E-state index in [0.29, 0.717) is 21.6 Å². The molecular formula is C18H14ClN5S2. The van der Waals surface area contributed by atoms with Crippen molar-refractivity contribution in [3.63, 3.8) is 0 Å². The summed E-state index contributed by atoms with van der Waals surface area (Å²) in [5.41, 5.74) is 8.91. The zero-order chi connectivity index (χ0) is 18.1. The number of hydrogen-bond donors (Lipinski definition) is 2. The molecule has 5 nitrogen and oxygen atoms in total. The predicted molar refractivity (Wildman–Crippen MR) is 110 cm³/mol. The van der Waals surface area contributed by atoms with Crippen molar-refractivity contribution in [1.82, 2.24) is 15.0 Å². The molecule has 0 atom stereocenters. The lowest BCUT2D eigenvalue weighted by molar-refractivity contribution is 1.06. The number of halogens is 1. The van der Waals surface area contributed by atoms with E-state index in [1.807, 2.05) is 36.4 Å². The van der Waals surface area contributed by atoms with Crippen LogP contribution in [0.4, 0.5) is 16.6 Å². The fourth-order valence-corrected chi connectivity index (χ4v) is 4.25. The molecule has 4 aromatic rings. The van der Waals surface area contributed by atoms with Crippen molar-refractivity contribution in [2.24, 2.45) is 0 Å². The first-order valence-corrected chi connectivity index (χ1v) is 9.78. The molecule has 0 aliphatic rings. The van der Waals surface area contributed by atoms with Gasteiger partial charge in [0, 0.05) is 9.92 Å². The van der Waals surface area contributed by atoms with E-state index in [2.05, 4.69) is 33.3 Å². The number of hydrogen-bond acceptors (Lipinski definition) is 7. The van der Waals surface area contributed by atoms with Crippen molar-refractivity contribution in [1.29, 1.82) is 0 Å². The molecule has 0 saturated carbocycles. The van der Waals surface area contributed by atoms with Crippen LogP contribution in [-0.4, -0.2) is 15.0 Å². The fourth-order valence-electron chi connectivity index (χ4n) is 2.36. The van der Waals surface area contributed by atoms with Crippen molar-refractivity contribution in [2.75, 3.05) is 11.1 Å². The van der Waals surface area contributed by atoms with Crippen LogP contribution in [0.2, 0.25) is 5.02 Å². The van der Waals surface area contributed by atoms with Gasteiger partial charge >= 0.3 is 0 Å². The highest BCUT2D eigenvalue weighted by Crippen LogP contribution is 2.35. The van der Waals surface area contributed by atoms with Crippen LogP contribution in [0.5, 0.6) is 0 Å². The second-order valence-corrected chi connectivity index (χ2v) is 8.14. The zero-order valence-electron chi connectivity index (χ0n) is 13.7. The van der Waals surface area contributed by atoms with E-state index in [4.69, 9.17) is 17.3 Å². The molecule has 0 radical (unpaired) electrons. The Morgan fingerprint density at radius 1 is 1.12 bits per heavy atom. The number of benzene rings is 2. The van der Waals surface area contributed by atoms with Crippen LogP contribution < -0.4 is 11.1 Å². The van der Waals surface area contributed by atoms with E-state index >= 15 is 0 Å². The normalized spacial score (nSPS) is 11.0. The Hall–Kier alpha value is -2.35. The maximum atomic E-state index is 6.27. The first-order valence-electron chi connectivity index (χ1n) is 7.76. The van der Waals surface area contributed by atoms with Gasteiger partial charge in [-0.1, -0.05) is 40.8 Å². The number of thiazole rings is 1. The van der Waals surface area contributed by atoms with Crippen molar-refractivity contribution in [3.8, 4) is 0 Å². The summed E-state index contributed by atoms with van der Waals surface area (Å²) in [7, 11) is 0. The average Bonchev–Trinajstić information content (AvgIpc) is 3.02. The predicted octanol–water partition coefficient (Wildman–Crippen LogP) is 5.53. The van der Waals surface area contributed by atoms with Crippen molar-refractivity contribution >= 4 is 61.6 Å². The van der Waals surface area contributed by atoms with Crippen LogP contribution in [0.3, 0.4) is 0 Å². The van der Waals surface area contributed by atoms with Gasteiger partial charge in [-0.3, -0.25) is 0 Å². The second kappa shape index (κ2) is 7.11. The highest BCUT2D eigenvalue weighted by atomic mass is 35.5. The van der Waals surface area contributed by atoms with Gasteiger partial charge < -0.3 is 11.1 Å². The third-order valence-electron chi connectivity index (χ3n) is 3.64. The molecule has 3 N–H and O–H groups in total. The zero-order valence-corrected chi connectivity index (χ0v) is 16.1. The smallest absolute Gasteiger partial charge is 0.189 e. The molecular weight excluding hydrogens is 386 g/mol. The molecule has 26 heavy (non-hydrogen) atoms. The number of fused-ring (bicyclic) bond motifs is 1. The van der Waals surface area contributed by atoms with Crippen LogP contribution in [0.25, 0.3) is 10.2 Å². The fraction of sp³-hybridized carbons (Fsp3) is 0.0556. The first kappa shape index (κ1) is 17.1. The molecule has 0 aliphatic heterocycles. The molecule has 2 aromatic carbocycles. The summed E-state index contributed by atoms with van der Waals surface area (Å²) in [4.78, 5) is 14.1. The average molecular weight is 400 g/mol. The summed E-state index contributed by atoms with van der Waals surface area (Å²) >= 11 is 8.96. The van der Waals surface area contributed by atoms with Crippen LogP contribution in [0.15, 0.2) is 58.7 Å². The largest absolute Gasteiger partial charge is 0.394 e. The Balaban J connectivity index is 1.61. The summed E-state index contributed by atoms with van der Waals surface area (Å²) in [5.74, 6) is 0.548. The van der Waals surface area contributed by atoms with E-state index in [1.54, 1.807) is 11.3 Å². The minimum absolute atomic E-state index is 0.489. The molecule has 130 valence electrons. The van der Waals surface area contributed by atoms with Crippen molar-refractivity contribution in [2.45, 2.75) is 16.8 Å². The van der Waals surface area contributed by atoms with Gasteiger partial charge in [-0.25, -0.2) is 15.0 Å². The maximum absolute atomic E-state index is 6.27. The highest BCUT2D eigenvalue weighted by Gasteiger charge is 2.12. The van der Waals surface area contributed by atoms with Gasteiger partial charge in [0.2, 0.25) is 0 Å². The molecule has 0 fully saturated rings. The molecule has 2 aromatic heterocycles. The van der Waals surface area contributed by atoms with E-state index in [1.165, 1.54) is 23.7 Å². The lowest BCUT2D eigenvalue weighted by atomic mass is 10.2. The summed E-state index contributed by atoms with van der Waals surface area (Å²) in [6.45, 7) is 2.06. The minimum atomic E-state index is 0.489. The number of aromatic nitrogens is 3. The topological polar surface area (TPSA) is 76.7 Å². The van der Waals surface area contributed by atoms with Gasteiger partial charge in [0.15, 0.2) is 10.9 Å². The van der Waals surface area contributed by atoms with Crippen LogP contribution in [0, 0.1) is 6.92 Å². The summed E-state index contributed by atoms with van der Waals surface area (Å²) in [6, 6.07) is 13.7. The Kier molecular flexibility index (Phi) is 4.67.